The van der Waals surface area contributed by atoms with Crippen molar-refractivity contribution in [3.05, 3.63) is 0 Å². The van der Waals surface area contributed by atoms with Crippen molar-refractivity contribution in [3.63, 3.8) is 0 Å². The Kier molecular flexibility index (Phi) is 4.70. The standard InChI is InChI=1S/C10H22N2O/c1-9(2)12-7-4-5-10(12)6-8-13-11-3/h9-11H,4-8H2,1-3H3. The Morgan fingerprint density at radius 3 is 2.92 bits per heavy atom. The normalized spacial score (nSPS) is 24.5. The fourth-order valence-corrected chi connectivity index (χ4v) is 2.14. The van der Waals surface area contributed by atoms with E-state index in [0.717, 1.165) is 19.1 Å². The van der Waals surface area contributed by atoms with Crippen LogP contribution in [0.3, 0.4) is 0 Å². The van der Waals surface area contributed by atoms with Gasteiger partial charge < -0.3 is 4.84 Å². The van der Waals surface area contributed by atoms with Crippen LogP contribution < -0.4 is 5.48 Å². The molecule has 1 saturated heterocycles. The number of nitrogens with one attached hydrogen (secondary N) is 1. The molecule has 1 heterocycles. The summed E-state index contributed by atoms with van der Waals surface area (Å²) in [7, 11) is 1.81. The van der Waals surface area contributed by atoms with Gasteiger partial charge in [-0.15, -0.1) is 0 Å². The Bertz CT molecular complexity index is 139. The minimum absolute atomic E-state index is 0.682. The first-order chi connectivity index (χ1) is 6.25. The van der Waals surface area contributed by atoms with Crippen molar-refractivity contribution in [1.29, 1.82) is 0 Å². The Morgan fingerprint density at radius 2 is 2.31 bits per heavy atom. The van der Waals surface area contributed by atoms with Gasteiger partial charge in [-0.3, -0.25) is 4.90 Å². The summed E-state index contributed by atoms with van der Waals surface area (Å²) in [5.74, 6) is 0. The Hall–Kier alpha value is -0.120. The van der Waals surface area contributed by atoms with Crippen molar-refractivity contribution in [3.8, 4) is 0 Å². The van der Waals surface area contributed by atoms with Gasteiger partial charge in [0.05, 0.1) is 6.61 Å². The van der Waals surface area contributed by atoms with Crippen molar-refractivity contribution >= 4 is 0 Å². The van der Waals surface area contributed by atoms with E-state index in [2.05, 4.69) is 24.2 Å². The summed E-state index contributed by atoms with van der Waals surface area (Å²) in [5.41, 5.74) is 2.72. The molecule has 0 bridgehead atoms. The lowest BCUT2D eigenvalue weighted by atomic mass is 10.1. The van der Waals surface area contributed by atoms with Crippen LogP contribution in [0.4, 0.5) is 0 Å². The summed E-state index contributed by atoms with van der Waals surface area (Å²) in [6.45, 7) is 6.64. The number of hydrogen-bond donors (Lipinski definition) is 1. The first-order valence-corrected chi connectivity index (χ1v) is 5.30. The molecule has 1 unspecified atom stereocenters. The highest BCUT2D eigenvalue weighted by molar-refractivity contribution is 4.81. The molecule has 1 rings (SSSR count). The van der Waals surface area contributed by atoms with Gasteiger partial charge in [-0.25, -0.2) is 5.48 Å². The van der Waals surface area contributed by atoms with Gasteiger partial charge in [-0.2, -0.15) is 0 Å². The molecular formula is C10H22N2O. The fraction of sp³-hybridized carbons (Fsp3) is 1.00. The SMILES string of the molecule is CNOCCC1CCCN1C(C)C. The van der Waals surface area contributed by atoms with Crippen molar-refractivity contribution in [2.24, 2.45) is 0 Å². The maximum absolute atomic E-state index is 5.15. The van der Waals surface area contributed by atoms with E-state index in [9.17, 15) is 0 Å². The molecule has 0 spiro atoms. The second kappa shape index (κ2) is 5.58. The third-order valence-corrected chi connectivity index (χ3v) is 2.78. The average molecular weight is 186 g/mol. The molecule has 0 aromatic rings. The molecule has 0 aromatic carbocycles. The summed E-state index contributed by atoms with van der Waals surface area (Å²) in [6, 6.07) is 1.43. The second-order valence-corrected chi connectivity index (χ2v) is 3.97. The molecule has 78 valence electrons. The van der Waals surface area contributed by atoms with Crippen LogP contribution in [0.25, 0.3) is 0 Å². The Balaban J connectivity index is 2.23. The molecule has 3 heteroatoms. The predicted octanol–water partition coefficient (Wildman–Crippen LogP) is 1.40. The van der Waals surface area contributed by atoms with Gasteiger partial charge >= 0.3 is 0 Å². The van der Waals surface area contributed by atoms with E-state index in [0.29, 0.717) is 6.04 Å². The van der Waals surface area contributed by atoms with Gasteiger partial charge in [0, 0.05) is 19.1 Å². The van der Waals surface area contributed by atoms with Gasteiger partial charge in [0.15, 0.2) is 0 Å². The summed E-state index contributed by atoms with van der Waals surface area (Å²) in [5, 5.41) is 0. The second-order valence-electron chi connectivity index (χ2n) is 3.97. The number of rotatable bonds is 5. The predicted molar refractivity (Wildman–Crippen MR) is 54.5 cm³/mol. The molecule has 0 aromatic heterocycles. The highest BCUT2D eigenvalue weighted by Crippen LogP contribution is 2.22. The van der Waals surface area contributed by atoms with Crippen molar-refractivity contribution in [2.75, 3.05) is 20.2 Å². The van der Waals surface area contributed by atoms with Gasteiger partial charge in [0.2, 0.25) is 0 Å². The maximum atomic E-state index is 5.15. The first kappa shape index (κ1) is 11.0. The largest absolute Gasteiger partial charge is 0.302 e. The summed E-state index contributed by atoms with van der Waals surface area (Å²) >= 11 is 0. The molecule has 1 fully saturated rings. The Morgan fingerprint density at radius 1 is 1.54 bits per heavy atom. The van der Waals surface area contributed by atoms with E-state index in [4.69, 9.17) is 4.84 Å². The number of nitrogens with zero attached hydrogens (tertiary/aromatic N) is 1. The van der Waals surface area contributed by atoms with E-state index in [-0.39, 0.29) is 0 Å². The maximum Gasteiger partial charge on any atom is 0.0696 e. The van der Waals surface area contributed by atoms with Crippen LogP contribution in [-0.4, -0.2) is 37.2 Å². The molecule has 13 heavy (non-hydrogen) atoms. The molecule has 1 aliphatic rings. The minimum atomic E-state index is 0.682. The van der Waals surface area contributed by atoms with E-state index in [1.165, 1.54) is 19.4 Å². The van der Waals surface area contributed by atoms with E-state index < -0.39 is 0 Å². The van der Waals surface area contributed by atoms with Crippen LogP contribution in [0.5, 0.6) is 0 Å². The molecule has 0 aliphatic carbocycles. The number of hydroxylamine groups is 1. The zero-order chi connectivity index (χ0) is 9.68. The summed E-state index contributed by atoms with van der Waals surface area (Å²) in [6.07, 6.45) is 3.84. The molecule has 0 amide bonds. The van der Waals surface area contributed by atoms with Crippen molar-refractivity contribution in [2.45, 2.75) is 45.2 Å². The van der Waals surface area contributed by atoms with Crippen molar-refractivity contribution in [1.82, 2.24) is 10.4 Å². The average Bonchev–Trinajstić information content (AvgIpc) is 2.53. The van der Waals surface area contributed by atoms with Crippen molar-refractivity contribution < 1.29 is 4.84 Å². The van der Waals surface area contributed by atoms with Crippen LogP contribution in [0.15, 0.2) is 0 Å². The van der Waals surface area contributed by atoms with Crippen LogP contribution in [-0.2, 0) is 4.84 Å². The lowest BCUT2D eigenvalue weighted by molar-refractivity contribution is 0.0409. The van der Waals surface area contributed by atoms with Gasteiger partial charge in [0.25, 0.3) is 0 Å². The topological polar surface area (TPSA) is 24.5 Å². The highest BCUT2D eigenvalue weighted by Gasteiger charge is 2.25. The molecule has 3 nitrogen and oxygen atoms in total. The van der Waals surface area contributed by atoms with Crippen LogP contribution in [0.2, 0.25) is 0 Å². The smallest absolute Gasteiger partial charge is 0.0696 e. The fourth-order valence-electron chi connectivity index (χ4n) is 2.14. The molecular weight excluding hydrogens is 164 g/mol. The summed E-state index contributed by atoms with van der Waals surface area (Å²) < 4.78 is 0. The zero-order valence-corrected chi connectivity index (χ0v) is 9.05. The molecule has 1 atom stereocenters. The molecule has 0 saturated carbocycles. The first-order valence-electron chi connectivity index (χ1n) is 5.30. The lowest BCUT2D eigenvalue weighted by Crippen LogP contribution is -2.36. The van der Waals surface area contributed by atoms with E-state index >= 15 is 0 Å². The lowest BCUT2D eigenvalue weighted by Gasteiger charge is -2.28. The quantitative estimate of drug-likeness (QED) is 0.519. The van der Waals surface area contributed by atoms with Gasteiger partial charge in [0.1, 0.15) is 0 Å². The minimum Gasteiger partial charge on any atom is -0.302 e. The monoisotopic (exact) mass is 186 g/mol. The van der Waals surface area contributed by atoms with Crippen LogP contribution in [0.1, 0.15) is 33.1 Å². The van der Waals surface area contributed by atoms with Crippen LogP contribution in [0, 0.1) is 0 Å². The highest BCUT2D eigenvalue weighted by atomic mass is 16.6. The third-order valence-electron chi connectivity index (χ3n) is 2.78. The Labute approximate surface area is 81.4 Å². The molecule has 0 radical (unpaired) electrons. The van der Waals surface area contributed by atoms with Crippen LogP contribution >= 0.6 is 0 Å². The third kappa shape index (κ3) is 3.25. The summed E-state index contributed by atoms with van der Waals surface area (Å²) in [4.78, 5) is 7.73. The molecule has 1 N–H and O–H groups in total. The van der Waals surface area contributed by atoms with E-state index in [1.807, 2.05) is 7.05 Å². The van der Waals surface area contributed by atoms with Gasteiger partial charge in [-0.05, 0) is 39.7 Å². The van der Waals surface area contributed by atoms with E-state index in [1.54, 1.807) is 0 Å². The zero-order valence-electron chi connectivity index (χ0n) is 9.05. The number of likely N-dealkylation sites (tertiary alicyclic amines) is 1. The molecule has 1 aliphatic heterocycles. The van der Waals surface area contributed by atoms with Gasteiger partial charge in [-0.1, -0.05) is 0 Å². The number of hydrogen-bond acceptors (Lipinski definition) is 3.